The number of hydrogen-bond donors (Lipinski definition) is 2. The molecule has 0 saturated carbocycles. The number of carbonyl (C=O) groups excluding carboxylic acids is 8. The zero-order valence-electron chi connectivity index (χ0n) is 18.2. The van der Waals surface area contributed by atoms with Gasteiger partial charge in [0.2, 0.25) is 23.6 Å². The molecule has 2 aliphatic heterocycles. The Morgan fingerprint density at radius 3 is 1.15 bits per heavy atom. The van der Waals surface area contributed by atoms with Crippen molar-refractivity contribution in [1.29, 1.82) is 0 Å². The summed E-state index contributed by atoms with van der Waals surface area (Å²) in [5, 5.41) is 1.78. The van der Waals surface area contributed by atoms with Crippen LogP contribution in [0.2, 0.25) is 0 Å². The molecule has 0 atom stereocenters. The van der Waals surface area contributed by atoms with Crippen molar-refractivity contribution in [2.75, 3.05) is 26.2 Å². The van der Waals surface area contributed by atoms with E-state index in [1.165, 1.54) is 0 Å². The minimum Gasteiger partial charge on any atom is -0.370 e. The van der Waals surface area contributed by atoms with Crippen LogP contribution < -0.4 is 11.5 Å². The lowest BCUT2D eigenvalue weighted by Crippen LogP contribution is -2.53. The van der Waals surface area contributed by atoms with Crippen LogP contribution in [-0.4, -0.2) is 93.3 Å². The standard InChI is InChI=1S/C20H24N6O8/c21-13(27)5-11-25(19(33)7-9-23-15(29)1-2-16(23)30)26(12-6-14(22)28)20(34)8-10-24-17(31)3-4-18(24)32/h1-4H,5-12H2,(H2,21,27)(H2,22,28). The van der Waals surface area contributed by atoms with Gasteiger partial charge < -0.3 is 11.5 Å². The van der Waals surface area contributed by atoms with Gasteiger partial charge in [-0.05, 0) is 0 Å². The van der Waals surface area contributed by atoms with Gasteiger partial charge in [-0.25, -0.2) is 0 Å². The number of nitrogens with zero attached hydrogens (tertiary/aromatic N) is 4. The van der Waals surface area contributed by atoms with E-state index in [4.69, 9.17) is 11.5 Å². The molecular weight excluding hydrogens is 452 g/mol. The van der Waals surface area contributed by atoms with Crippen LogP contribution in [0.3, 0.4) is 0 Å². The number of hydrogen-bond acceptors (Lipinski definition) is 8. The molecule has 14 heteroatoms. The van der Waals surface area contributed by atoms with Gasteiger partial charge in [0, 0.05) is 63.1 Å². The van der Waals surface area contributed by atoms with Crippen molar-refractivity contribution in [3.8, 4) is 0 Å². The summed E-state index contributed by atoms with van der Waals surface area (Å²) in [6, 6.07) is 0. The van der Waals surface area contributed by atoms with Gasteiger partial charge >= 0.3 is 0 Å². The van der Waals surface area contributed by atoms with E-state index in [0.717, 1.165) is 44.1 Å². The molecule has 0 aliphatic carbocycles. The molecule has 34 heavy (non-hydrogen) atoms. The first kappa shape index (κ1) is 25.9. The fraction of sp³-hybridized carbons (Fsp3) is 0.400. The molecule has 2 rings (SSSR count). The van der Waals surface area contributed by atoms with Crippen molar-refractivity contribution >= 4 is 47.3 Å². The number of nitrogens with two attached hydrogens (primary N) is 2. The summed E-state index contributed by atoms with van der Waals surface area (Å²) >= 11 is 0. The second kappa shape index (κ2) is 11.5. The summed E-state index contributed by atoms with van der Waals surface area (Å²) in [7, 11) is 0. The molecule has 8 amide bonds. The van der Waals surface area contributed by atoms with Crippen molar-refractivity contribution < 1.29 is 38.4 Å². The number of carbonyl (C=O) groups is 8. The van der Waals surface area contributed by atoms with Gasteiger partial charge in [-0.15, -0.1) is 0 Å². The molecule has 0 aromatic rings. The summed E-state index contributed by atoms with van der Waals surface area (Å²) in [6.45, 7) is -1.22. The van der Waals surface area contributed by atoms with E-state index in [1.54, 1.807) is 0 Å². The predicted molar refractivity (Wildman–Crippen MR) is 112 cm³/mol. The third kappa shape index (κ3) is 6.82. The number of primary amides is 2. The van der Waals surface area contributed by atoms with Crippen molar-refractivity contribution in [3.63, 3.8) is 0 Å². The van der Waals surface area contributed by atoms with E-state index in [-0.39, 0.29) is 51.9 Å². The molecule has 182 valence electrons. The second-order valence-corrected chi connectivity index (χ2v) is 7.29. The van der Waals surface area contributed by atoms with Gasteiger partial charge in [0.1, 0.15) is 0 Å². The van der Waals surface area contributed by atoms with Gasteiger partial charge in [-0.3, -0.25) is 58.2 Å². The number of hydrazine groups is 1. The molecule has 4 N–H and O–H groups in total. The SMILES string of the molecule is NC(=O)CCN(C(=O)CCN1C(=O)C=CC1=O)N(CCC(N)=O)C(=O)CCN1C(=O)C=CC1=O. The van der Waals surface area contributed by atoms with Gasteiger partial charge in [0.05, 0.1) is 13.1 Å². The normalized spacial score (nSPS) is 14.8. The Balaban J connectivity index is 2.16. The fourth-order valence-electron chi connectivity index (χ4n) is 3.17. The van der Waals surface area contributed by atoms with Gasteiger partial charge in [-0.1, -0.05) is 0 Å². The Labute approximate surface area is 193 Å². The molecule has 0 aromatic carbocycles. The van der Waals surface area contributed by atoms with Crippen molar-refractivity contribution in [1.82, 2.24) is 19.8 Å². The maximum Gasteiger partial charge on any atom is 0.253 e. The van der Waals surface area contributed by atoms with Gasteiger partial charge in [0.15, 0.2) is 0 Å². The molecule has 0 aromatic heterocycles. The summed E-state index contributed by atoms with van der Waals surface area (Å²) in [6.07, 6.45) is 2.78. The Morgan fingerprint density at radius 2 is 0.882 bits per heavy atom. The maximum absolute atomic E-state index is 12.9. The molecule has 0 radical (unpaired) electrons. The van der Waals surface area contributed by atoms with E-state index in [1.807, 2.05) is 0 Å². The highest BCUT2D eigenvalue weighted by molar-refractivity contribution is 6.13. The highest BCUT2D eigenvalue weighted by Gasteiger charge is 2.31. The van der Waals surface area contributed by atoms with Gasteiger partial charge in [0.25, 0.3) is 23.6 Å². The van der Waals surface area contributed by atoms with Crippen molar-refractivity contribution in [2.45, 2.75) is 25.7 Å². The summed E-state index contributed by atoms with van der Waals surface area (Å²) in [5.74, 6) is -5.41. The number of rotatable bonds is 12. The predicted octanol–water partition coefficient (Wildman–Crippen LogP) is -3.06. The van der Waals surface area contributed by atoms with Crippen LogP contribution in [0.25, 0.3) is 0 Å². The average molecular weight is 476 g/mol. The molecule has 0 saturated heterocycles. The Hall–Kier alpha value is -4.36. The van der Waals surface area contributed by atoms with Crippen LogP contribution in [0.4, 0.5) is 0 Å². The van der Waals surface area contributed by atoms with E-state index < -0.39 is 47.3 Å². The fourth-order valence-corrected chi connectivity index (χ4v) is 3.17. The topological polar surface area (TPSA) is 202 Å². The molecule has 2 heterocycles. The van der Waals surface area contributed by atoms with Crippen molar-refractivity contribution in [2.24, 2.45) is 11.5 Å². The van der Waals surface area contributed by atoms with Crippen molar-refractivity contribution in [3.05, 3.63) is 24.3 Å². The van der Waals surface area contributed by atoms with E-state index in [0.29, 0.717) is 0 Å². The number of imide groups is 2. The van der Waals surface area contributed by atoms with Crippen LogP contribution in [0, 0.1) is 0 Å². The lowest BCUT2D eigenvalue weighted by Gasteiger charge is -2.35. The zero-order chi connectivity index (χ0) is 25.4. The largest absolute Gasteiger partial charge is 0.370 e. The molecule has 0 spiro atoms. The smallest absolute Gasteiger partial charge is 0.253 e. The Morgan fingerprint density at radius 1 is 0.588 bits per heavy atom. The van der Waals surface area contributed by atoms with Crippen LogP contribution in [0.15, 0.2) is 24.3 Å². The lowest BCUT2D eigenvalue weighted by atomic mass is 10.3. The van der Waals surface area contributed by atoms with Crippen LogP contribution >= 0.6 is 0 Å². The maximum atomic E-state index is 12.9. The highest BCUT2D eigenvalue weighted by Crippen LogP contribution is 2.12. The minimum absolute atomic E-state index is 0.281. The molecule has 0 fully saturated rings. The quantitative estimate of drug-likeness (QED) is 0.218. The molecule has 14 nitrogen and oxygen atoms in total. The second-order valence-electron chi connectivity index (χ2n) is 7.29. The first-order valence-electron chi connectivity index (χ1n) is 10.3. The Kier molecular flexibility index (Phi) is 8.75. The molecule has 0 unspecified atom stereocenters. The summed E-state index contributed by atoms with van der Waals surface area (Å²) in [5.41, 5.74) is 10.3. The third-order valence-electron chi connectivity index (χ3n) is 4.91. The average Bonchev–Trinajstić information content (AvgIpc) is 3.26. The van der Waals surface area contributed by atoms with E-state index >= 15 is 0 Å². The van der Waals surface area contributed by atoms with Crippen LogP contribution in [-0.2, 0) is 38.4 Å². The van der Waals surface area contributed by atoms with Gasteiger partial charge in [-0.2, -0.15) is 0 Å². The number of amides is 8. The lowest BCUT2D eigenvalue weighted by molar-refractivity contribution is -0.166. The molecule has 2 aliphatic rings. The first-order valence-corrected chi connectivity index (χ1v) is 10.3. The highest BCUT2D eigenvalue weighted by atomic mass is 16.2. The Bertz CT molecular complexity index is 874. The first-order chi connectivity index (χ1) is 16.0. The van der Waals surface area contributed by atoms with E-state index in [2.05, 4.69) is 0 Å². The minimum atomic E-state index is -0.770. The van der Waals surface area contributed by atoms with Crippen LogP contribution in [0.5, 0.6) is 0 Å². The van der Waals surface area contributed by atoms with Crippen LogP contribution in [0.1, 0.15) is 25.7 Å². The molecular formula is C20H24N6O8. The zero-order valence-corrected chi connectivity index (χ0v) is 18.2. The summed E-state index contributed by atoms with van der Waals surface area (Å²) < 4.78 is 0. The monoisotopic (exact) mass is 476 g/mol. The van der Waals surface area contributed by atoms with E-state index in [9.17, 15) is 38.4 Å². The third-order valence-corrected chi connectivity index (χ3v) is 4.91. The summed E-state index contributed by atoms with van der Waals surface area (Å²) in [4.78, 5) is 97.1. The molecule has 0 bridgehead atoms.